The van der Waals surface area contributed by atoms with Gasteiger partial charge in [-0.2, -0.15) is 5.10 Å². The van der Waals surface area contributed by atoms with Gasteiger partial charge in [0.25, 0.3) is 5.91 Å². The van der Waals surface area contributed by atoms with Gasteiger partial charge in [-0.15, -0.1) is 0 Å². The van der Waals surface area contributed by atoms with Crippen LogP contribution in [0, 0.1) is 0 Å². The fraction of sp³-hybridized carbons (Fsp3) is 0.235. The van der Waals surface area contributed by atoms with Gasteiger partial charge in [-0.25, -0.2) is 9.50 Å². The molecule has 1 aromatic carbocycles. The second kappa shape index (κ2) is 6.40. The van der Waals surface area contributed by atoms with E-state index in [1.54, 1.807) is 10.7 Å². The molecule has 0 bridgehead atoms. The lowest BCUT2D eigenvalue weighted by molar-refractivity contribution is 0.0952. The van der Waals surface area contributed by atoms with Crippen LogP contribution in [0.15, 0.2) is 36.7 Å². The first-order chi connectivity index (χ1) is 12.3. The summed E-state index contributed by atoms with van der Waals surface area (Å²) in [4.78, 5) is 16.6. The summed E-state index contributed by atoms with van der Waals surface area (Å²) in [6.45, 7) is 0.639. The van der Waals surface area contributed by atoms with E-state index in [1.807, 2.05) is 24.3 Å². The number of rotatable bonds is 5. The number of aromatic nitrogens is 3. The van der Waals surface area contributed by atoms with Crippen molar-refractivity contribution in [2.45, 2.75) is 6.42 Å². The third kappa shape index (κ3) is 2.76. The molecule has 0 fully saturated rings. The minimum absolute atomic E-state index is 0.0293. The SMILES string of the molecule is O=C(NCCCO)c1cnn2c(-c3ccc4c(c3)OCO4)ccnc12. The van der Waals surface area contributed by atoms with Crippen LogP contribution in [0.25, 0.3) is 16.9 Å². The van der Waals surface area contributed by atoms with Crippen LogP contribution < -0.4 is 14.8 Å². The molecule has 4 rings (SSSR count). The predicted octanol–water partition coefficient (Wildman–Crippen LogP) is 1.24. The van der Waals surface area contributed by atoms with Gasteiger partial charge in [-0.3, -0.25) is 4.79 Å². The molecule has 0 radical (unpaired) electrons. The maximum Gasteiger partial charge on any atom is 0.256 e. The van der Waals surface area contributed by atoms with Crippen LogP contribution in [0.4, 0.5) is 0 Å². The zero-order valence-corrected chi connectivity index (χ0v) is 13.3. The summed E-state index contributed by atoms with van der Waals surface area (Å²) >= 11 is 0. The van der Waals surface area contributed by atoms with Crippen LogP contribution in [-0.4, -0.2) is 45.6 Å². The molecule has 0 atom stereocenters. The highest BCUT2D eigenvalue weighted by Crippen LogP contribution is 2.35. The van der Waals surface area contributed by atoms with Crippen molar-refractivity contribution >= 4 is 11.6 Å². The van der Waals surface area contributed by atoms with E-state index in [4.69, 9.17) is 14.6 Å². The number of nitrogens with one attached hydrogen (secondary N) is 1. The molecule has 8 nitrogen and oxygen atoms in total. The summed E-state index contributed by atoms with van der Waals surface area (Å²) < 4.78 is 12.4. The standard InChI is InChI=1S/C17H16N4O4/c22-7-1-5-19-17(23)12-9-20-21-13(4-6-18-16(12)21)11-2-3-14-15(8-11)25-10-24-14/h2-4,6,8-9,22H,1,5,7,10H2,(H,19,23). The zero-order chi connectivity index (χ0) is 17.2. The van der Waals surface area contributed by atoms with E-state index in [1.165, 1.54) is 6.20 Å². The number of hydrogen-bond acceptors (Lipinski definition) is 6. The quantitative estimate of drug-likeness (QED) is 0.678. The number of aliphatic hydroxyl groups is 1. The average Bonchev–Trinajstić information content (AvgIpc) is 3.27. The Hall–Kier alpha value is -3.13. The molecule has 128 valence electrons. The Labute approximate surface area is 143 Å². The molecule has 2 aromatic heterocycles. The van der Waals surface area contributed by atoms with Gasteiger partial charge in [0.1, 0.15) is 5.56 Å². The van der Waals surface area contributed by atoms with E-state index >= 15 is 0 Å². The van der Waals surface area contributed by atoms with Crippen LogP contribution in [0.3, 0.4) is 0 Å². The number of benzene rings is 1. The normalized spacial score (nSPS) is 12.5. The van der Waals surface area contributed by atoms with Gasteiger partial charge in [0.2, 0.25) is 6.79 Å². The minimum Gasteiger partial charge on any atom is -0.454 e. The fourth-order valence-electron chi connectivity index (χ4n) is 2.70. The van der Waals surface area contributed by atoms with Crippen molar-refractivity contribution in [1.82, 2.24) is 19.9 Å². The molecule has 25 heavy (non-hydrogen) atoms. The van der Waals surface area contributed by atoms with Crippen molar-refractivity contribution in [2.75, 3.05) is 19.9 Å². The number of nitrogens with zero attached hydrogens (tertiary/aromatic N) is 3. The molecular weight excluding hydrogens is 324 g/mol. The van der Waals surface area contributed by atoms with Crippen molar-refractivity contribution in [2.24, 2.45) is 0 Å². The Morgan fingerprint density at radius 1 is 1.28 bits per heavy atom. The lowest BCUT2D eigenvalue weighted by atomic mass is 10.1. The molecule has 1 aliphatic rings. The highest BCUT2D eigenvalue weighted by Gasteiger charge is 2.18. The second-order valence-corrected chi connectivity index (χ2v) is 5.52. The first-order valence-corrected chi connectivity index (χ1v) is 7.90. The third-order valence-electron chi connectivity index (χ3n) is 3.93. The maximum atomic E-state index is 12.3. The number of carbonyl (C=O) groups is 1. The van der Waals surface area contributed by atoms with E-state index in [-0.39, 0.29) is 19.3 Å². The first kappa shape index (κ1) is 15.4. The largest absolute Gasteiger partial charge is 0.454 e. The van der Waals surface area contributed by atoms with E-state index in [2.05, 4.69) is 15.4 Å². The monoisotopic (exact) mass is 340 g/mol. The van der Waals surface area contributed by atoms with Crippen molar-refractivity contribution in [3.05, 3.63) is 42.2 Å². The molecule has 0 unspecified atom stereocenters. The average molecular weight is 340 g/mol. The van der Waals surface area contributed by atoms with Crippen LogP contribution in [0.5, 0.6) is 11.5 Å². The fourth-order valence-corrected chi connectivity index (χ4v) is 2.70. The summed E-state index contributed by atoms with van der Waals surface area (Å²) in [6.07, 6.45) is 3.63. The zero-order valence-electron chi connectivity index (χ0n) is 13.3. The highest BCUT2D eigenvalue weighted by atomic mass is 16.7. The number of aliphatic hydroxyl groups excluding tert-OH is 1. The summed E-state index contributed by atoms with van der Waals surface area (Å²) in [7, 11) is 0. The minimum atomic E-state index is -0.265. The van der Waals surface area contributed by atoms with Gasteiger partial charge in [-0.05, 0) is 30.7 Å². The van der Waals surface area contributed by atoms with E-state index < -0.39 is 0 Å². The summed E-state index contributed by atoms with van der Waals surface area (Å²) in [5.74, 6) is 1.12. The van der Waals surface area contributed by atoms with Crippen molar-refractivity contribution in [3.63, 3.8) is 0 Å². The number of ether oxygens (including phenoxy) is 2. The van der Waals surface area contributed by atoms with Gasteiger partial charge >= 0.3 is 0 Å². The molecule has 0 aliphatic carbocycles. The van der Waals surface area contributed by atoms with Crippen molar-refractivity contribution in [3.8, 4) is 22.8 Å². The summed E-state index contributed by atoms with van der Waals surface area (Å²) in [5.41, 5.74) is 2.53. The smallest absolute Gasteiger partial charge is 0.256 e. The Morgan fingerprint density at radius 2 is 2.16 bits per heavy atom. The van der Waals surface area contributed by atoms with E-state index in [0.29, 0.717) is 35.7 Å². The molecule has 1 aliphatic heterocycles. The predicted molar refractivity (Wildman–Crippen MR) is 88.6 cm³/mol. The first-order valence-electron chi connectivity index (χ1n) is 7.90. The van der Waals surface area contributed by atoms with Crippen molar-refractivity contribution < 1.29 is 19.4 Å². The highest BCUT2D eigenvalue weighted by molar-refractivity contribution is 5.99. The number of carbonyl (C=O) groups excluding carboxylic acids is 1. The Bertz CT molecular complexity index is 938. The van der Waals surface area contributed by atoms with Gasteiger partial charge in [0.15, 0.2) is 17.1 Å². The molecule has 2 N–H and O–H groups in total. The Morgan fingerprint density at radius 3 is 3.04 bits per heavy atom. The molecule has 1 amide bonds. The topological polar surface area (TPSA) is 98.0 Å². The van der Waals surface area contributed by atoms with Gasteiger partial charge in [-0.1, -0.05) is 0 Å². The third-order valence-corrected chi connectivity index (χ3v) is 3.93. The Balaban J connectivity index is 1.71. The van der Waals surface area contributed by atoms with Gasteiger partial charge in [0, 0.05) is 24.9 Å². The van der Waals surface area contributed by atoms with Gasteiger partial charge in [0.05, 0.1) is 11.9 Å². The number of amides is 1. The van der Waals surface area contributed by atoms with Crippen LogP contribution in [-0.2, 0) is 0 Å². The molecule has 8 heteroatoms. The maximum absolute atomic E-state index is 12.3. The van der Waals surface area contributed by atoms with E-state index in [0.717, 1.165) is 11.3 Å². The van der Waals surface area contributed by atoms with Gasteiger partial charge < -0.3 is 19.9 Å². The summed E-state index contributed by atoms with van der Waals surface area (Å²) in [5, 5.41) is 15.9. The summed E-state index contributed by atoms with van der Waals surface area (Å²) in [6, 6.07) is 7.45. The van der Waals surface area contributed by atoms with Crippen LogP contribution in [0.2, 0.25) is 0 Å². The lowest BCUT2D eigenvalue weighted by Crippen LogP contribution is -2.25. The van der Waals surface area contributed by atoms with E-state index in [9.17, 15) is 4.79 Å². The molecule has 0 spiro atoms. The molecular formula is C17H16N4O4. The van der Waals surface area contributed by atoms with Crippen LogP contribution >= 0.6 is 0 Å². The molecule has 3 heterocycles. The molecule has 3 aromatic rings. The molecule has 0 saturated heterocycles. The Kier molecular flexibility index (Phi) is 3.95. The molecule has 0 saturated carbocycles. The second-order valence-electron chi connectivity index (χ2n) is 5.52. The number of hydrogen-bond donors (Lipinski definition) is 2. The van der Waals surface area contributed by atoms with Crippen LogP contribution in [0.1, 0.15) is 16.8 Å². The number of fused-ring (bicyclic) bond motifs is 2. The lowest BCUT2D eigenvalue weighted by Gasteiger charge is -2.06. The van der Waals surface area contributed by atoms with Crippen molar-refractivity contribution in [1.29, 1.82) is 0 Å².